The fourth-order valence-electron chi connectivity index (χ4n) is 5.70. The minimum Gasteiger partial charge on any atom is -0.490 e. The van der Waals surface area contributed by atoms with E-state index in [-0.39, 0.29) is 30.7 Å². The Morgan fingerprint density at radius 2 is 1.75 bits per heavy atom. The summed E-state index contributed by atoms with van der Waals surface area (Å²) in [7, 11) is -2.40. The van der Waals surface area contributed by atoms with Crippen LogP contribution in [0.5, 0.6) is 5.75 Å². The van der Waals surface area contributed by atoms with Gasteiger partial charge in [0.2, 0.25) is 10.0 Å². The summed E-state index contributed by atoms with van der Waals surface area (Å²) in [6.45, 7) is -0.767. The monoisotopic (exact) mass is 762 g/mol. The third kappa shape index (κ3) is 9.98. The molecule has 5 rings (SSSR count). The number of para-hydroxylation sites is 1. The maximum Gasteiger partial charge on any atom is 0.314 e. The Morgan fingerprint density at radius 1 is 1.02 bits per heavy atom. The molecule has 0 spiro atoms. The summed E-state index contributed by atoms with van der Waals surface area (Å²) in [4.78, 5) is 16.5. The van der Waals surface area contributed by atoms with Gasteiger partial charge < -0.3 is 45.6 Å². The summed E-state index contributed by atoms with van der Waals surface area (Å²) in [5.74, 6) is 0.824. The van der Waals surface area contributed by atoms with Crippen LogP contribution in [-0.4, -0.2) is 113 Å². The van der Waals surface area contributed by atoms with Crippen LogP contribution in [0.25, 0.3) is 11.1 Å². The minimum atomic E-state index is -3.88. The molecule has 2 aliphatic rings. The van der Waals surface area contributed by atoms with E-state index in [9.17, 15) is 33.6 Å². The first kappa shape index (κ1) is 39.8. The van der Waals surface area contributed by atoms with E-state index in [0.29, 0.717) is 23.4 Å². The highest BCUT2D eigenvalue weighted by atomic mass is 35.5. The fraction of sp³-hybridized carbons (Fsp3) is 0.500. The average Bonchev–Trinajstić information content (AvgIpc) is 4.10. The normalized spacial score (nSPS) is 17.6. The number of unbranched alkanes of at least 4 members (excludes halogenated alkanes) is 1. The van der Waals surface area contributed by atoms with Gasteiger partial charge in [-0.1, -0.05) is 29.8 Å². The van der Waals surface area contributed by atoms with Crippen molar-refractivity contribution in [2.45, 2.75) is 86.1 Å². The van der Waals surface area contributed by atoms with Gasteiger partial charge in [-0.15, -0.1) is 0 Å². The summed E-state index contributed by atoms with van der Waals surface area (Å²) in [6, 6.07) is 13.8. The molecule has 2 amide bonds. The number of hydrogen-bond donors (Lipinski definition) is 7. The zero-order valence-electron chi connectivity index (χ0n) is 28.9. The lowest BCUT2D eigenvalue weighted by atomic mass is 9.96. The number of sulfonamides is 1. The zero-order chi connectivity index (χ0) is 37.5. The first-order valence-corrected chi connectivity index (χ1v) is 19.1. The summed E-state index contributed by atoms with van der Waals surface area (Å²) in [5.41, 5.74) is 2.84. The summed E-state index contributed by atoms with van der Waals surface area (Å²) in [5, 5.41) is 53.0. The van der Waals surface area contributed by atoms with Crippen molar-refractivity contribution in [3.63, 3.8) is 0 Å². The van der Waals surface area contributed by atoms with Crippen LogP contribution >= 0.6 is 11.6 Å². The molecular weight excluding hydrogens is 716 g/mol. The Hall–Kier alpha value is -3.38. The van der Waals surface area contributed by atoms with Crippen molar-refractivity contribution in [2.24, 2.45) is 0 Å². The van der Waals surface area contributed by atoms with Crippen LogP contribution in [0, 0.1) is 0 Å². The Bertz CT molecular complexity index is 1780. The van der Waals surface area contributed by atoms with Crippen molar-refractivity contribution in [1.29, 1.82) is 0 Å². The number of amides is 2. The van der Waals surface area contributed by atoms with Gasteiger partial charge in [0.05, 0.1) is 35.9 Å². The topological polar surface area (TPSA) is 211 Å². The van der Waals surface area contributed by atoms with Crippen molar-refractivity contribution in [3.8, 4) is 16.9 Å². The molecule has 2 aromatic carbocycles. The van der Waals surface area contributed by atoms with Gasteiger partial charge in [-0.2, -0.15) is 0 Å². The number of carbonyl (C=O) groups excluding carboxylic acids is 1. The van der Waals surface area contributed by atoms with Crippen LogP contribution < -0.4 is 15.4 Å². The maximum atomic E-state index is 13.5. The maximum absolute atomic E-state index is 13.5. The molecule has 0 saturated heterocycles. The first-order chi connectivity index (χ1) is 24.9. The highest BCUT2D eigenvalue weighted by Crippen LogP contribution is 2.53. The number of aliphatic hydroxyl groups is 5. The van der Waals surface area contributed by atoms with Gasteiger partial charge in [-0.05, 0) is 80.0 Å². The number of benzene rings is 2. The second-order valence-corrected chi connectivity index (χ2v) is 15.7. The molecular formula is C36H47ClN4O10S. The molecule has 2 aliphatic carbocycles. The Labute approximate surface area is 308 Å². The highest BCUT2D eigenvalue weighted by Gasteiger charge is 2.48. The van der Waals surface area contributed by atoms with Crippen LogP contribution in [0.4, 0.5) is 4.79 Å². The Kier molecular flexibility index (Phi) is 13.5. The number of hydrogen-bond acceptors (Lipinski definition) is 11. The van der Waals surface area contributed by atoms with Crippen molar-refractivity contribution in [1.82, 2.24) is 19.9 Å². The SMILES string of the molecule is CN(CCCCNC(=O)NCC(O)C(O)C(O)C(O)CO)S(=O)(=O)c1ccc(Cl)c(COC2(c3cnccc3-c3ccccc3OC3CC3)CC2)c1. The summed E-state index contributed by atoms with van der Waals surface area (Å²) < 4.78 is 40.9. The number of aromatic nitrogens is 1. The molecule has 4 atom stereocenters. The highest BCUT2D eigenvalue weighted by molar-refractivity contribution is 7.89. The quantitative estimate of drug-likeness (QED) is 0.0831. The van der Waals surface area contributed by atoms with Gasteiger partial charge in [0, 0.05) is 55.2 Å². The van der Waals surface area contributed by atoms with Gasteiger partial charge in [0.1, 0.15) is 24.1 Å². The molecule has 284 valence electrons. The largest absolute Gasteiger partial charge is 0.490 e. The third-order valence-corrected chi connectivity index (χ3v) is 11.4. The van der Waals surface area contributed by atoms with Gasteiger partial charge in [0.15, 0.2) is 0 Å². The molecule has 1 aromatic heterocycles. The molecule has 4 unspecified atom stereocenters. The van der Waals surface area contributed by atoms with Crippen LogP contribution in [0.15, 0.2) is 65.8 Å². The van der Waals surface area contributed by atoms with Crippen LogP contribution in [0.3, 0.4) is 0 Å². The number of carbonyl (C=O) groups is 1. The van der Waals surface area contributed by atoms with Crippen molar-refractivity contribution >= 4 is 27.7 Å². The predicted molar refractivity (Wildman–Crippen MR) is 192 cm³/mol. The van der Waals surface area contributed by atoms with E-state index in [2.05, 4.69) is 15.6 Å². The molecule has 3 aromatic rings. The smallest absolute Gasteiger partial charge is 0.314 e. The van der Waals surface area contributed by atoms with E-state index in [1.807, 2.05) is 36.5 Å². The second kappa shape index (κ2) is 17.6. The molecule has 1 heterocycles. The molecule has 14 nitrogen and oxygen atoms in total. The van der Waals surface area contributed by atoms with E-state index < -0.39 is 59.2 Å². The molecule has 0 radical (unpaired) electrons. The number of halogens is 1. The molecule has 2 fully saturated rings. The minimum absolute atomic E-state index is 0.0749. The lowest BCUT2D eigenvalue weighted by Gasteiger charge is -2.25. The third-order valence-electron chi connectivity index (χ3n) is 9.22. The van der Waals surface area contributed by atoms with Gasteiger partial charge in [0.25, 0.3) is 0 Å². The Morgan fingerprint density at radius 3 is 2.46 bits per heavy atom. The van der Waals surface area contributed by atoms with Gasteiger partial charge in [-0.25, -0.2) is 17.5 Å². The summed E-state index contributed by atoms with van der Waals surface area (Å²) in [6.07, 6.45) is 1.50. The van der Waals surface area contributed by atoms with Crippen LogP contribution in [0.2, 0.25) is 5.02 Å². The molecule has 0 bridgehead atoms. The van der Waals surface area contributed by atoms with E-state index >= 15 is 0 Å². The second-order valence-electron chi connectivity index (χ2n) is 13.2. The average molecular weight is 763 g/mol. The fourth-order valence-corrected chi connectivity index (χ4v) is 7.13. The van der Waals surface area contributed by atoms with Gasteiger partial charge >= 0.3 is 6.03 Å². The molecule has 16 heteroatoms. The molecule has 52 heavy (non-hydrogen) atoms. The van der Waals surface area contributed by atoms with E-state index in [4.69, 9.17) is 26.2 Å². The lowest BCUT2D eigenvalue weighted by molar-refractivity contribution is -0.113. The van der Waals surface area contributed by atoms with Gasteiger partial charge in [-0.3, -0.25) is 4.98 Å². The number of pyridine rings is 1. The van der Waals surface area contributed by atoms with E-state index in [0.717, 1.165) is 48.1 Å². The Balaban J connectivity index is 1.12. The van der Waals surface area contributed by atoms with E-state index in [1.54, 1.807) is 12.3 Å². The zero-order valence-corrected chi connectivity index (χ0v) is 30.5. The number of aliphatic hydroxyl groups excluding tert-OH is 5. The van der Waals surface area contributed by atoms with Crippen LogP contribution in [0.1, 0.15) is 49.7 Å². The van der Waals surface area contributed by atoms with Crippen LogP contribution in [-0.2, 0) is 27.0 Å². The number of rotatable bonds is 20. The molecule has 0 aliphatic heterocycles. The van der Waals surface area contributed by atoms with Crippen molar-refractivity contribution in [3.05, 3.63) is 77.1 Å². The predicted octanol–water partition coefficient (Wildman–Crippen LogP) is 2.28. The van der Waals surface area contributed by atoms with Crippen molar-refractivity contribution < 1.29 is 48.2 Å². The van der Waals surface area contributed by atoms with E-state index in [1.165, 1.54) is 23.5 Å². The lowest BCUT2D eigenvalue weighted by Crippen LogP contribution is -2.50. The van der Waals surface area contributed by atoms with Crippen molar-refractivity contribution in [2.75, 3.05) is 33.3 Å². The number of nitrogens with one attached hydrogen (secondary N) is 2. The number of urea groups is 1. The molecule has 7 N–H and O–H groups in total. The summed E-state index contributed by atoms with van der Waals surface area (Å²) >= 11 is 6.54. The first-order valence-electron chi connectivity index (χ1n) is 17.3. The molecule has 2 saturated carbocycles. The number of ether oxygens (including phenoxy) is 2. The number of nitrogens with zero attached hydrogens (tertiary/aromatic N) is 2. The standard InChI is InChI=1S/C36H47ClN4O10S/c1-41(17-5-4-15-39-35(47)40-20-30(43)33(45)34(46)31(44)21-42)52(48,49)25-10-11-29(37)23(18-25)22-50-36(13-14-36)28-19-38-16-12-26(28)27-6-2-3-7-32(27)51-24-8-9-24/h2-3,6-7,10-12,16,18-19,24,30-31,33-34,42-46H,4-5,8-9,13-15,17,20-22H2,1H3,(H2,39,40,47).